The molecule has 0 unspecified atom stereocenters. The Kier molecular flexibility index (Phi) is 3.63. The van der Waals surface area contributed by atoms with E-state index in [1.54, 1.807) is 22.2 Å². The molecule has 0 aliphatic rings. The molecule has 0 radical (unpaired) electrons. The highest BCUT2D eigenvalue weighted by molar-refractivity contribution is 7.18. The SMILES string of the molecule is CCCc1cc(Cn2cnc3sc(C)c(C)c3c2=O)on1. The Morgan fingerprint density at radius 1 is 1.38 bits per heavy atom. The Balaban J connectivity index is 1.98. The number of nitrogens with zero attached hydrogens (tertiary/aromatic N) is 3. The van der Waals surface area contributed by atoms with Gasteiger partial charge in [0.25, 0.3) is 5.56 Å². The first kappa shape index (κ1) is 14.0. The van der Waals surface area contributed by atoms with E-state index in [9.17, 15) is 4.79 Å². The zero-order chi connectivity index (χ0) is 15.0. The maximum absolute atomic E-state index is 12.6. The van der Waals surface area contributed by atoms with E-state index in [-0.39, 0.29) is 5.56 Å². The lowest BCUT2D eigenvalue weighted by molar-refractivity contribution is 0.369. The number of hydrogen-bond acceptors (Lipinski definition) is 5. The molecule has 3 heterocycles. The van der Waals surface area contributed by atoms with Crippen molar-refractivity contribution < 1.29 is 4.52 Å². The molecule has 0 bridgehead atoms. The van der Waals surface area contributed by atoms with Crippen LogP contribution in [0.25, 0.3) is 10.2 Å². The van der Waals surface area contributed by atoms with Crippen molar-refractivity contribution in [2.24, 2.45) is 0 Å². The van der Waals surface area contributed by atoms with Crippen molar-refractivity contribution in [3.8, 4) is 0 Å². The minimum atomic E-state index is -0.0182. The molecule has 21 heavy (non-hydrogen) atoms. The number of rotatable bonds is 4. The minimum Gasteiger partial charge on any atom is -0.359 e. The molecule has 0 N–H and O–H groups in total. The molecule has 0 spiro atoms. The van der Waals surface area contributed by atoms with Crippen molar-refractivity contribution in [1.82, 2.24) is 14.7 Å². The Hall–Kier alpha value is -1.95. The average Bonchev–Trinajstić information content (AvgIpc) is 3.00. The third-order valence-corrected chi connectivity index (χ3v) is 4.71. The zero-order valence-corrected chi connectivity index (χ0v) is 13.2. The van der Waals surface area contributed by atoms with Crippen molar-refractivity contribution in [2.45, 2.75) is 40.2 Å². The van der Waals surface area contributed by atoms with E-state index in [1.165, 1.54) is 0 Å². The normalized spacial score (nSPS) is 11.4. The predicted molar refractivity (Wildman–Crippen MR) is 83.0 cm³/mol. The highest BCUT2D eigenvalue weighted by Gasteiger charge is 2.13. The van der Waals surface area contributed by atoms with Crippen LogP contribution >= 0.6 is 11.3 Å². The summed E-state index contributed by atoms with van der Waals surface area (Å²) in [6.45, 7) is 6.44. The van der Waals surface area contributed by atoms with Crippen LogP contribution in [0, 0.1) is 13.8 Å². The van der Waals surface area contributed by atoms with Crippen LogP contribution in [0.2, 0.25) is 0 Å². The monoisotopic (exact) mass is 303 g/mol. The van der Waals surface area contributed by atoms with Gasteiger partial charge in [-0.2, -0.15) is 0 Å². The first-order chi connectivity index (χ1) is 10.1. The van der Waals surface area contributed by atoms with E-state index in [2.05, 4.69) is 17.1 Å². The first-order valence-corrected chi connectivity index (χ1v) is 7.81. The number of aromatic nitrogens is 3. The molecule has 3 aromatic rings. The molecule has 0 aromatic carbocycles. The van der Waals surface area contributed by atoms with Gasteiger partial charge in [-0.25, -0.2) is 4.98 Å². The van der Waals surface area contributed by atoms with Gasteiger partial charge in [0.15, 0.2) is 5.76 Å². The second kappa shape index (κ2) is 5.44. The summed E-state index contributed by atoms with van der Waals surface area (Å²) in [7, 11) is 0. The number of fused-ring (bicyclic) bond motifs is 1. The summed E-state index contributed by atoms with van der Waals surface area (Å²) in [6.07, 6.45) is 3.49. The van der Waals surface area contributed by atoms with E-state index in [1.807, 2.05) is 19.9 Å². The lowest BCUT2D eigenvalue weighted by Crippen LogP contribution is -2.20. The molecule has 3 rings (SSSR count). The molecule has 110 valence electrons. The van der Waals surface area contributed by atoms with Gasteiger partial charge in [0.2, 0.25) is 0 Å². The largest absolute Gasteiger partial charge is 0.359 e. The Bertz CT molecular complexity index is 844. The van der Waals surface area contributed by atoms with Crippen LogP contribution in [0.4, 0.5) is 0 Å². The van der Waals surface area contributed by atoms with Gasteiger partial charge in [-0.3, -0.25) is 9.36 Å². The molecule has 0 amide bonds. The predicted octanol–water partition coefficient (Wildman–Crippen LogP) is 3.06. The second-order valence-corrected chi connectivity index (χ2v) is 6.38. The molecule has 0 saturated heterocycles. The molecule has 0 aliphatic heterocycles. The maximum Gasteiger partial charge on any atom is 0.262 e. The highest BCUT2D eigenvalue weighted by Crippen LogP contribution is 2.25. The molecule has 0 atom stereocenters. The van der Waals surface area contributed by atoms with Crippen LogP contribution in [0.1, 0.15) is 35.2 Å². The fraction of sp³-hybridized carbons (Fsp3) is 0.400. The summed E-state index contributed by atoms with van der Waals surface area (Å²) >= 11 is 1.56. The Morgan fingerprint density at radius 3 is 2.95 bits per heavy atom. The van der Waals surface area contributed by atoms with Gasteiger partial charge in [0.05, 0.1) is 24.0 Å². The van der Waals surface area contributed by atoms with Crippen LogP contribution in [0.15, 0.2) is 21.7 Å². The van der Waals surface area contributed by atoms with Crippen LogP contribution in [-0.4, -0.2) is 14.7 Å². The smallest absolute Gasteiger partial charge is 0.262 e. The third-order valence-electron chi connectivity index (χ3n) is 3.60. The van der Waals surface area contributed by atoms with Gasteiger partial charge in [-0.05, 0) is 25.8 Å². The van der Waals surface area contributed by atoms with Gasteiger partial charge in [0, 0.05) is 10.9 Å². The molecule has 0 fully saturated rings. The number of aryl methyl sites for hydroxylation is 3. The summed E-state index contributed by atoms with van der Waals surface area (Å²) < 4.78 is 6.87. The molecular weight excluding hydrogens is 286 g/mol. The summed E-state index contributed by atoms with van der Waals surface area (Å²) in [5.41, 5.74) is 1.93. The molecule has 5 nitrogen and oxygen atoms in total. The van der Waals surface area contributed by atoms with Crippen molar-refractivity contribution in [2.75, 3.05) is 0 Å². The van der Waals surface area contributed by atoms with Gasteiger partial charge >= 0.3 is 0 Å². The lowest BCUT2D eigenvalue weighted by atomic mass is 10.2. The highest BCUT2D eigenvalue weighted by atomic mass is 32.1. The van der Waals surface area contributed by atoms with Crippen LogP contribution in [0.5, 0.6) is 0 Å². The standard InChI is InChI=1S/C15H17N3O2S/c1-4-5-11-6-12(20-17-11)7-18-8-16-14-13(15(18)19)9(2)10(3)21-14/h6,8H,4-5,7H2,1-3H3. The quantitative estimate of drug-likeness (QED) is 0.743. The third kappa shape index (κ3) is 2.51. The fourth-order valence-electron chi connectivity index (χ4n) is 2.35. The molecule has 3 aromatic heterocycles. The summed E-state index contributed by atoms with van der Waals surface area (Å²) in [5, 5.41) is 4.72. The van der Waals surface area contributed by atoms with Crippen molar-refractivity contribution in [3.05, 3.63) is 44.6 Å². The maximum atomic E-state index is 12.6. The van der Waals surface area contributed by atoms with E-state index < -0.39 is 0 Å². The van der Waals surface area contributed by atoms with Gasteiger partial charge in [-0.1, -0.05) is 18.5 Å². The molecular formula is C15H17N3O2S. The average molecular weight is 303 g/mol. The van der Waals surface area contributed by atoms with Crippen LogP contribution < -0.4 is 5.56 Å². The minimum absolute atomic E-state index is 0.0182. The van der Waals surface area contributed by atoms with Crippen molar-refractivity contribution >= 4 is 21.6 Å². The van der Waals surface area contributed by atoms with E-state index in [4.69, 9.17) is 4.52 Å². The molecule has 0 aliphatic carbocycles. The molecule has 6 heteroatoms. The van der Waals surface area contributed by atoms with Crippen LogP contribution in [-0.2, 0) is 13.0 Å². The van der Waals surface area contributed by atoms with E-state index in [0.29, 0.717) is 17.7 Å². The van der Waals surface area contributed by atoms with Gasteiger partial charge in [-0.15, -0.1) is 11.3 Å². The van der Waals surface area contributed by atoms with E-state index in [0.717, 1.165) is 33.8 Å². The topological polar surface area (TPSA) is 60.9 Å². The van der Waals surface area contributed by atoms with Gasteiger partial charge < -0.3 is 4.52 Å². The second-order valence-electron chi connectivity index (χ2n) is 5.18. The number of hydrogen-bond donors (Lipinski definition) is 0. The molecule has 0 saturated carbocycles. The Morgan fingerprint density at radius 2 is 2.19 bits per heavy atom. The number of thiophene rings is 1. The fourth-order valence-corrected chi connectivity index (χ4v) is 3.34. The van der Waals surface area contributed by atoms with Gasteiger partial charge in [0.1, 0.15) is 4.83 Å². The first-order valence-electron chi connectivity index (χ1n) is 6.99. The summed E-state index contributed by atoms with van der Waals surface area (Å²) in [5.74, 6) is 0.686. The van der Waals surface area contributed by atoms with Crippen LogP contribution in [0.3, 0.4) is 0 Å². The Labute approximate surface area is 126 Å². The van der Waals surface area contributed by atoms with E-state index >= 15 is 0 Å². The lowest BCUT2D eigenvalue weighted by Gasteiger charge is -2.02. The summed E-state index contributed by atoms with van der Waals surface area (Å²) in [4.78, 5) is 18.9. The van der Waals surface area contributed by atoms with Crippen molar-refractivity contribution in [3.63, 3.8) is 0 Å². The summed E-state index contributed by atoms with van der Waals surface area (Å²) in [6, 6.07) is 1.91. The zero-order valence-electron chi connectivity index (χ0n) is 12.3. The van der Waals surface area contributed by atoms with Crippen molar-refractivity contribution in [1.29, 1.82) is 0 Å².